The number of carbonyl (C=O) groups excluding carboxylic acids is 1. The Morgan fingerprint density at radius 2 is 1.89 bits per heavy atom. The van der Waals surface area contributed by atoms with Gasteiger partial charge in [-0.05, 0) is 41.6 Å². The Labute approximate surface area is 112 Å². The number of rotatable bonds is 3. The van der Waals surface area contributed by atoms with E-state index >= 15 is 0 Å². The lowest BCUT2D eigenvalue weighted by Crippen LogP contribution is -2.15. The van der Waals surface area contributed by atoms with Crippen LogP contribution in [0.3, 0.4) is 0 Å². The third-order valence-electron chi connectivity index (χ3n) is 1.98. The van der Waals surface area contributed by atoms with Crippen molar-refractivity contribution in [3.8, 4) is 5.75 Å². The zero-order chi connectivity index (χ0) is 14.1. The second-order valence-electron chi connectivity index (χ2n) is 3.23. The topological polar surface area (TPSA) is 26.3 Å². The molecule has 0 bridgehead atoms. The normalized spacial score (nSPS) is 11.8. The summed E-state index contributed by atoms with van der Waals surface area (Å²) in [7, 11) is 0. The Balaban J connectivity index is 3.43. The van der Waals surface area contributed by atoms with E-state index in [1.165, 1.54) is 22.6 Å². The van der Waals surface area contributed by atoms with Crippen molar-refractivity contribution in [3.05, 3.63) is 26.8 Å². The number of ether oxygens (including phenoxy) is 1. The molecule has 0 aliphatic heterocycles. The van der Waals surface area contributed by atoms with Crippen LogP contribution in [0.2, 0.25) is 0 Å². The molecule has 1 aromatic rings. The van der Waals surface area contributed by atoms with Gasteiger partial charge in [0.1, 0.15) is 5.75 Å². The lowest BCUT2D eigenvalue weighted by atomic mass is 10.0. The third-order valence-corrected chi connectivity index (χ3v) is 3.05. The highest BCUT2D eigenvalue weighted by Crippen LogP contribution is 2.37. The number of alkyl halides is 5. The fourth-order valence-corrected chi connectivity index (χ4v) is 2.30. The van der Waals surface area contributed by atoms with Crippen LogP contribution in [0, 0.1) is 3.57 Å². The average Bonchev–Trinajstić information content (AvgIpc) is 2.17. The lowest BCUT2D eigenvalue weighted by Gasteiger charge is -2.15. The predicted octanol–water partition coefficient (Wildman–Crippen LogP) is 4.11. The van der Waals surface area contributed by atoms with Crippen molar-refractivity contribution < 1.29 is 31.5 Å². The van der Waals surface area contributed by atoms with Crippen molar-refractivity contribution in [3.63, 3.8) is 0 Å². The van der Waals surface area contributed by atoms with E-state index in [2.05, 4.69) is 4.74 Å². The molecule has 0 amide bonds. The van der Waals surface area contributed by atoms with Crippen molar-refractivity contribution >= 4 is 28.4 Å². The van der Waals surface area contributed by atoms with Gasteiger partial charge in [0.05, 0.1) is 9.13 Å². The lowest BCUT2D eigenvalue weighted by molar-refractivity contribution is -0.138. The van der Waals surface area contributed by atoms with Crippen LogP contribution < -0.4 is 4.74 Å². The summed E-state index contributed by atoms with van der Waals surface area (Å²) in [5, 5.41) is 0. The number of hydrogen-bond donors (Lipinski definition) is 0. The molecule has 0 heterocycles. The molecule has 0 aliphatic rings. The molecule has 18 heavy (non-hydrogen) atoms. The maximum atomic E-state index is 12.6. The molecule has 0 aliphatic carbocycles. The van der Waals surface area contributed by atoms with E-state index in [1.807, 2.05) is 0 Å². The summed E-state index contributed by atoms with van der Waals surface area (Å²) in [6.45, 7) is -2.24. The quantitative estimate of drug-likeness (QED) is 0.448. The summed E-state index contributed by atoms with van der Waals surface area (Å²) in [6.07, 6.45) is -4.73. The largest absolute Gasteiger partial charge is 0.434 e. The van der Waals surface area contributed by atoms with Crippen molar-refractivity contribution in [1.29, 1.82) is 0 Å². The molecule has 0 fully saturated rings. The number of ketones is 1. The summed E-state index contributed by atoms with van der Waals surface area (Å²) in [5.74, 6) is -1.32. The molecule has 8 heteroatoms. The molecule has 0 saturated carbocycles. The minimum Gasteiger partial charge on any atom is -0.434 e. The van der Waals surface area contributed by atoms with E-state index in [0.717, 1.165) is 13.0 Å². The molecule has 0 radical (unpaired) electrons. The zero-order valence-corrected chi connectivity index (χ0v) is 11.0. The van der Waals surface area contributed by atoms with E-state index in [9.17, 15) is 26.7 Å². The van der Waals surface area contributed by atoms with Gasteiger partial charge >= 0.3 is 12.8 Å². The fourth-order valence-electron chi connectivity index (χ4n) is 1.32. The second-order valence-corrected chi connectivity index (χ2v) is 4.31. The van der Waals surface area contributed by atoms with Crippen LogP contribution in [0.4, 0.5) is 22.0 Å². The number of benzene rings is 1. The first kappa shape index (κ1) is 15.1. The minimum atomic E-state index is -4.73. The first-order valence-corrected chi connectivity index (χ1v) is 5.58. The third kappa shape index (κ3) is 3.30. The Morgan fingerprint density at radius 3 is 2.28 bits per heavy atom. The molecule has 100 valence electrons. The van der Waals surface area contributed by atoms with Crippen molar-refractivity contribution in [2.45, 2.75) is 19.7 Å². The summed E-state index contributed by atoms with van der Waals surface area (Å²) in [5.41, 5.74) is -1.83. The monoisotopic (exact) mass is 380 g/mol. The molecular weight excluding hydrogens is 374 g/mol. The Morgan fingerprint density at radius 1 is 1.33 bits per heavy atom. The standard InChI is InChI=1S/C10H6F5IO2/c1-4(17)7-5(10(13,14)15)2-3-6(8(7)16)18-9(11)12/h2-3,9H,1H3. The van der Waals surface area contributed by atoms with Crippen LogP contribution in [0.1, 0.15) is 22.8 Å². The van der Waals surface area contributed by atoms with Gasteiger partial charge in [-0.1, -0.05) is 0 Å². The molecule has 0 saturated heterocycles. The molecule has 0 N–H and O–H groups in total. The summed E-state index contributed by atoms with van der Waals surface area (Å²) in [4.78, 5) is 11.2. The number of carbonyl (C=O) groups is 1. The van der Waals surface area contributed by atoms with Gasteiger partial charge in [0.2, 0.25) is 0 Å². The van der Waals surface area contributed by atoms with Gasteiger partial charge in [-0.3, -0.25) is 4.79 Å². The fraction of sp³-hybridized carbons (Fsp3) is 0.300. The smallest absolute Gasteiger partial charge is 0.417 e. The summed E-state index contributed by atoms with van der Waals surface area (Å²) < 4.78 is 65.7. The number of halogens is 6. The Kier molecular flexibility index (Phi) is 4.51. The average molecular weight is 380 g/mol. The molecule has 2 nitrogen and oxygen atoms in total. The van der Waals surface area contributed by atoms with Gasteiger partial charge in [-0.2, -0.15) is 22.0 Å². The molecule has 1 aromatic carbocycles. The van der Waals surface area contributed by atoms with Crippen LogP contribution in [0.25, 0.3) is 0 Å². The minimum absolute atomic E-state index is 0.282. The van der Waals surface area contributed by atoms with Crippen LogP contribution in [0.15, 0.2) is 12.1 Å². The molecular formula is C10H6F5IO2. The van der Waals surface area contributed by atoms with E-state index < -0.39 is 35.4 Å². The van der Waals surface area contributed by atoms with Crippen LogP contribution >= 0.6 is 22.6 Å². The van der Waals surface area contributed by atoms with E-state index in [4.69, 9.17) is 0 Å². The highest BCUT2D eigenvalue weighted by Gasteiger charge is 2.36. The van der Waals surface area contributed by atoms with Gasteiger partial charge in [-0.15, -0.1) is 0 Å². The predicted molar refractivity (Wildman–Crippen MR) is 60.8 cm³/mol. The highest BCUT2D eigenvalue weighted by atomic mass is 127. The zero-order valence-electron chi connectivity index (χ0n) is 8.82. The number of hydrogen-bond acceptors (Lipinski definition) is 2. The SMILES string of the molecule is CC(=O)c1c(C(F)(F)F)ccc(OC(F)F)c1I. The maximum absolute atomic E-state index is 12.6. The van der Waals surface area contributed by atoms with Gasteiger partial charge in [0.25, 0.3) is 0 Å². The summed E-state index contributed by atoms with van der Waals surface area (Å²) >= 11 is 1.38. The van der Waals surface area contributed by atoms with Crippen molar-refractivity contribution in [2.75, 3.05) is 0 Å². The highest BCUT2D eigenvalue weighted by molar-refractivity contribution is 14.1. The number of Topliss-reactive ketones (excluding diaryl/α,β-unsaturated/α-hetero) is 1. The van der Waals surface area contributed by atoms with E-state index in [-0.39, 0.29) is 3.57 Å². The van der Waals surface area contributed by atoms with Crippen molar-refractivity contribution in [1.82, 2.24) is 0 Å². The molecule has 0 spiro atoms. The Hall–Kier alpha value is -0.930. The van der Waals surface area contributed by atoms with Crippen molar-refractivity contribution in [2.24, 2.45) is 0 Å². The summed E-state index contributed by atoms with van der Waals surface area (Å²) in [6, 6.07) is 1.32. The van der Waals surface area contributed by atoms with Gasteiger partial charge in [0, 0.05) is 5.56 Å². The van der Waals surface area contributed by atoms with Gasteiger partial charge < -0.3 is 4.74 Å². The maximum Gasteiger partial charge on any atom is 0.417 e. The molecule has 1 rings (SSSR count). The molecule has 0 atom stereocenters. The molecule has 0 unspecified atom stereocenters. The van der Waals surface area contributed by atoms with Gasteiger partial charge in [-0.25, -0.2) is 0 Å². The van der Waals surface area contributed by atoms with E-state index in [0.29, 0.717) is 6.07 Å². The van der Waals surface area contributed by atoms with Crippen LogP contribution in [-0.2, 0) is 6.18 Å². The first-order chi connectivity index (χ1) is 8.14. The Bertz CT molecular complexity index is 470. The van der Waals surface area contributed by atoms with Gasteiger partial charge in [0.15, 0.2) is 5.78 Å². The van der Waals surface area contributed by atoms with Crippen LogP contribution in [0.5, 0.6) is 5.75 Å². The van der Waals surface area contributed by atoms with E-state index in [1.54, 1.807) is 0 Å². The molecule has 0 aromatic heterocycles. The van der Waals surface area contributed by atoms with Crippen LogP contribution in [-0.4, -0.2) is 12.4 Å². The first-order valence-electron chi connectivity index (χ1n) is 4.50. The second kappa shape index (κ2) is 5.37.